The Hall–Kier alpha value is -2.71. The van der Waals surface area contributed by atoms with Crippen LogP contribution in [-0.2, 0) is 0 Å². The van der Waals surface area contributed by atoms with Crippen molar-refractivity contribution in [3.05, 3.63) is 36.9 Å². The third kappa shape index (κ3) is 4.23. The molecular weight excluding hydrogens is 380 g/mol. The van der Waals surface area contributed by atoms with Crippen LogP contribution < -0.4 is 10.2 Å². The van der Waals surface area contributed by atoms with Gasteiger partial charge in [0, 0.05) is 36.3 Å². The summed E-state index contributed by atoms with van der Waals surface area (Å²) in [6.45, 7) is 6.07. The summed E-state index contributed by atoms with van der Waals surface area (Å²) in [7, 11) is 0. The maximum absolute atomic E-state index is 10.4. The van der Waals surface area contributed by atoms with Crippen LogP contribution in [0, 0.1) is 0 Å². The number of phenols is 1. The summed E-state index contributed by atoms with van der Waals surface area (Å²) >= 11 is 0. The zero-order valence-corrected chi connectivity index (χ0v) is 16.6. The Bertz CT molecular complexity index is 901. The molecule has 1 aliphatic heterocycles. The Kier molecular flexibility index (Phi) is 6.11. The number of phenolic OH excluding ortho intramolecular Hbond substituents is 1. The monoisotopic (exact) mass is 402 g/mol. The van der Waals surface area contributed by atoms with Gasteiger partial charge in [-0.3, -0.25) is 0 Å². The first kappa shape index (κ1) is 20.0. The van der Waals surface area contributed by atoms with Gasteiger partial charge in [0.2, 0.25) is 11.8 Å². The lowest BCUT2D eigenvalue weighted by atomic mass is 10.1. The summed E-state index contributed by atoms with van der Waals surface area (Å²) < 4.78 is 5.25. The molecule has 4 rings (SSSR count). The van der Waals surface area contributed by atoms with E-state index in [0.717, 1.165) is 19.5 Å². The van der Waals surface area contributed by atoms with Gasteiger partial charge in [0.25, 0.3) is 0 Å². The molecule has 8 nitrogen and oxygen atoms in total. The Balaban J connectivity index is 0.00000225. The highest BCUT2D eigenvalue weighted by molar-refractivity contribution is 5.85. The molecule has 1 atom stereocenters. The molecule has 0 spiro atoms. The van der Waals surface area contributed by atoms with Crippen LogP contribution in [-0.4, -0.2) is 50.4 Å². The molecule has 28 heavy (non-hydrogen) atoms. The number of aromatic nitrogens is 4. The van der Waals surface area contributed by atoms with Gasteiger partial charge in [0.1, 0.15) is 17.7 Å². The van der Waals surface area contributed by atoms with E-state index in [2.05, 4.69) is 44.2 Å². The van der Waals surface area contributed by atoms with Crippen LogP contribution in [0.3, 0.4) is 0 Å². The molecule has 1 fully saturated rings. The van der Waals surface area contributed by atoms with Gasteiger partial charge in [-0.2, -0.15) is 0 Å². The molecule has 9 heteroatoms. The van der Waals surface area contributed by atoms with Gasteiger partial charge in [0.05, 0.1) is 12.4 Å². The van der Waals surface area contributed by atoms with Gasteiger partial charge in [-0.15, -0.1) is 22.6 Å². The second-order valence-corrected chi connectivity index (χ2v) is 6.97. The van der Waals surface area contributed by atoms with Gasteiger partial charge in [0.15, 0.2) is 0 Å². The standard InChI is InChI=1S/C19H22N6O2.ClH/c1-12(2)22-14-5-7-25(11-14)19-21-10-16(23-24-19)15-4-3-13(9-17(15)26)18-20-6-8-27-18;/h3-4,6,8-10,12,14,22,26H,5,7,11H2,1-2H3;1H. The highest BCUT2D eigenvalue weighted by Crippen LogP contribution is 2.31. The first-order valence-electron chi connectivity index (χ1n) is 9.04. The predicted molar refractivity (Wildman–Crippen MR) is 109 cm³/mol. The summed E-state index contributed by atoms with van der Waals surface area (Å²) in [6.07, 6.45) is 5.76. The maximum Gasteiger partial charge on any atom is 0.245 e. The topological polar surface area (TPSA) is 100 Å². The molecule has 0 amide bonds. The molecule has 2 N–H and O–H groups in total. The summed E-state index contributed by atoms with van der Waals surface area (Å²) in [5.74, 6) is 1.15. The molecule has 0 bridgehead atoms. The molecule has 3 heterocycles. The number of halogens is 1. The molecule has 3 aromatic rings. The number of nitrogens with one attached hydrogen (secondary N) is 1. The average molecular weight is 403 g/mol. The number of hydrogen-bond acceptors (Lipinski definition) is 8. The van der Waals surface area contributed by atoms with Crippen LogP contribution in [0.2, 0.25) is 0 Å². The minimum atomic E-state index is 0. The zero-order chi connectivity index (χ0) is 18.8. The van der Waals surface area contributed by atoms with Crippen LogP contribution in [0.25, 0.3) is 22.7 Å². The van der Waals surface area contributed by atoms with Crippen LogP contribution in [0.15, 0.2) is 41.3 Å². The van der Waals surface area contributed by atoms with Gasteiger partial charge >= 0.3 is 0 Å². The first-order chi connectivity index (χ1) is 13.1. The highest BCUT2D eigenvalue weighted by atomic mass is 35.5. The second kappa shape index (κ2) is 8.53. The molecule has 0 saturated carbocycles. The number of anilines is 1. The second-order valence-electron chi connectivity index (χ2n) is 6.97. The highest BCUT2D eigenvalue weighted by Gasteiger charge is 2.25. The van der Waals surface area contributed by atoms with E-state index in [1.165, 1.54) is 6.26 Å². The van der Waals surface area contributed by atoms with E-state index in [0.29, 0.717) is 40.7 Å². The normalized spacial score (nSPS) is 16.4. The van der Waals surface area contributed by atoms with E-state index in [9.17, 15) is 5.11 Å². The van der Waals surface area contributed by atoms with E-state index in [1.807, 2.05) is 6.07 Å². The molecule has 2 aromatic heterocycles. The molecule has 1 aliphatic rings. The molecule has 1 aromatic carbocycles. The van der Waals surface area contributed by atoms with E-state index < -0.39 is 0 Å². The Labute approximate surface area is 169 Å². The molecule has 148 valence electrons. The van der Waals surface area contributed by atoms with E-state index >= 15 is 0 Å². The lowest BCUT2D eigenvalue weighted by Gasteiger charge is -2.18. The number of oxazole rings is 1. The predicted octanol–water partition coefficient (Wildman–Crippen LogP) is 2.90. The van der Waals surface area contributed by atoms with Crippen molar-refractivity contribution in [3.63, 3.8) is 0 Å². The van der Waals surface area contributed by atoms with Crippen molar-refractivity contribution < 1.29 is 9.52 Å². The Morgan fingerprint density at radius 3 is 2.75 bits per heavy atom. The largest absolute Gasteiger partial charge is 0.507 e. The van der Waals surface area contributed by atoms with Gasteiger partial charge in [-0.1, -0.05) is 13.8 Å². The smallest absolute Gasteiger partial charge is 0.245 e. The average Bonchev–Trinajstić information content (AvgIpc) is 3.33. The van der Waals surface area contributed by atoms with E-state index in [1.54, 1.807) is 24.5 Å². The summed E-state index contributed by atoms with van der Waals surface area (Å²) in [4.78, 5) is 10.7. The fourth-order valence-electron chi connectivity index (χ4n) is 3.33. The van der Waals surface area contributed by atoms with Crippen molar-refractivity contribution in [2.24, 2.45) is 0 Å². The number of benzene rings is 1. The van der Waals surface area contributed by atoms with Crippen molar-refractivity contribution in [2.45, 2.75) is 32.4 Å². The van der Waals surface area contributed by atoms with Crippen LogP contribution in [0.4, 0.5) is 5.95 Å². The van der Waals surface area contributed by atoms with E-state index in [-0.39, 0.29) is 18.2 Å². The number of rotatable bonds is 5. The molecular formula is C19H23ClN6O2. The van der Waals surface area contributed by atoms with Gasteiger partial charge in [-0.25, -0.2) is 9.97 Å². The maximum atomic E-state index is 10.4. The molecule has 1 saturated heterocycles. The fraction of sp³-hybridized carbons (Fsp3) is 0.368. The zero-order valence-electron chi connectivity index (χ0n) is 15.7. The number of hydrogen-bond donors (Lipinski definition) is 2. The van der Waals surface area contributed by atoms with Gasteiger partial charge < -0.3 is 19.7 Å². The number of nitrogens with zero attached hydrogens (tertiary/aromatic N) is 5. The summed E-state index contributed by atoms with van der Waals surface area (Å²) in [6, 6.07) is 6.08. The molecule has 1 unspecified atom stereocenters. The number of aromatic hydroxyl groups is 1. The fourth-order valence-corrected chi connectivity index (χ4v) is 3.33. The van der Waals surface area contributed by atoms with Crippen LogP contribution >= 0.6 is 12.4 Å². The minimum Gasteiger partial charge on any atom is -0.507 e. The van der Waals surface area contributed by atoms with Crippen molar-refractivity contribution in [2.75, 3.05) is 18.0 Å². The molecule has 0 radical (unpaired) electrons. The summed E-state index contributed by atoms with van der Waals surface area (Å²) in [5.41, 5.74) is 1.78. The van der Waals surface area contributed by atoms with Crippen LogP contribution in [0.5, 0.6) is 5.75 Å². The van der Waals surface area contributed by atoms with Crippen molar-refractivity contribution in [1.82, 2.24) is 25.5 Å². The van der Waals surface area contributed by atoms with Crippen molar-refractivity contribution in [3.8, 4) is 28.5 Å². The molecule has 0 aliphatic carbocycles. The SMILES string of the molecule is CC(C)NC1CCN(c2ncc(-c3ccc(-c4ncco4)cc3O)nn2)C1.Cl. The first-order valence-corrected chi connectivity index (χ1v) is 9.04. The van der Waals surface area contributed by atoms with Crippen LogP contribution in [0.1, 0.15) is 20.3 Å². The third-order valence-electron chi connectivity index (χ3n) is 4.54. The quantitative estimate of drug-likeness (QED) is 0.671. The third-order valence-corrected chi connectivity index (χ3v) is 4.54. The lowest BCUT2D eigenvalue weighted by Crippen LogP contribution is -2.37. The van der Waals surface area contributed by atoms with Gasteiger partial charge in [-0.05, 0) is 24.6 Å². The van der Waals surface area contributed by atoms with E-state index in [4.69, 9.17) is 4.42 Å². The lowest BCUT2D eigenvalue weighted by molar-refractivity contribution is 0.476. The summed E-state index contributed by atoms with van der Waals surface area (Å²) in [5, 5.41) is 22.4. The minimum absolute atomic E-state index is 0. The Morgan fingerprint density at radius 1 is 1.25 bits per heavy atom. The Morgan fingerprint density at radius 2 is 2.11 bits per heavy atom. The van der Waals surface area contributed by atoms with Crippen molar-refractivity contribution >= 4 is 18.4 Å². The van der Waals surface area contributed by atoms with Crippen molar-refractivity contribution in [1.29, 1.82) is 0 Å².